The number of carbonyl (C=O) groups is 2. The van der Waals surface area contributed by atoms with Crippen molar-refractivity contribution < 1.29 is 19.1 Å². The van der Waals surface area contributed by atoms with Crippen molar-refractivity contribution >= 4 is 11.8 Å². The van der Waals surface area contributed by atoms with E-state index in [9.17, 15) is 9.59 Å². The molecule has 1 N–H and O–H groups in total. The Labute approximate surface area is 147 Å². The number of rotatable bonds is 4. The number of amides is 2. The Hall–Kier alpha value is -2.24. The summed E-state index contributed by atoms with van der Waals surface area (Å²) in [5.74, 6) is 2.10. The molecule has 2 heterocycles. The van der Waals surface area contributed by atoms with Gasteiger partial charge in [0.15, 0.2) is 11.5 Å². The van der Waals surface area contributed by atoms with E-state index in [1.165, 1.54) is 6.42 Å². The van der Waals surface area contributed by atoms with Gasteiger partial charge in [0.2, 0.25) is 18.6 Å². The van der Waals surface area contributed by atoms with E-state index >= 15 is 0 Å². The predicted octanol–water partition coefficient (Wildman–Crippen LogP) is 2.07. The molecular formula is C19H24N2O4. The maximum absolute atomic E-state index is 12.4. The molecule has 1 aromatic carbocycles. The smallest absolute Gasteiger partial charge is 0.231 e. The van der Waals surface area contributed by atoms with E-state index < -0.39 is 0 Å². The zero-order chi connectivity index (χ0) is 17.2. The number of ether oxygens (including phenoxy) is 2. The Balaban J connectivity index is 1.24. The van der Waals surface area contributed by atoms with Gasteiger partial charge in [-0.1, -0.05) is 12.5 Å². The van der Waals surface area contributed by atoms with Crippen LogP contribution < -0.4 is 14.8 Å². The molecule has 3 aliphatic rings. The topological polar surface area (TPSA) is 67.9 Å². The lowest BCUT2D eigenvalue weighted by molar-refractivity contribution is -0.141. The first-order valence-electron chi connectivity index (χ1n) is 9.16. The molecule has 0 spiro atoms. The van der Waals surface area contributed by atoms with Gasteiger partial charge in [0.25, 0.3) is 0 Å². The van der Waals surface area contributed by atoms with E-state index in [4.69, 9.17) is 9.47 Å². The first-order valence-corrected chi connectivity index (χ1v) is 9.16. The van der Waals surface area contributed by atoms with Crippen molar-refractivity contribution in [2.45, 2.75) is 38.6 Å². The van der Waals surface area contributed by atoms with Crippen molar-refractivity contribution in [3.63, 3.8) is 0 Å². The lowest BCUT2D eigenvalue weighted by atomic mass is 9.83. The van der Waals surface area contributed by atoms with Gasteiger partial charge in [-0.25, -0.2) is 0 Å². The van der Waals surface area contributed by atoms with Crippen LogP contribution in [0.3, 0.4) is 0 Å². The zero-order valence-electron chi connectivity index (χ0n) is 14.3. The summed E-state index contributed by atoms with van der Waals surface area (Å²) in [4.78, 5) is 26.6. The molecule has 0 unspecified atom stereocenters. The quantitative estimate of drug-likeness (QED) is 0.908. The minimum atomic E-state index is -0.000508. The van der Waals surface area contributed by atoms with Gasteiger partial charge in [0.05, 0.1) is 0 Å². The number of carbonyl (C=O) groups excluding carboxylic acids is 2. The average Bonchev–Trinajstić information content (AvgIpc) is 3.06. The number of likely N-dealkylation sites (tertiary alicyclic amines) is 1. The summed E-state index contributed by atoms with van der Waals surface area (Å²) in [5, 5.41) is 3.01. The van der Waals surface area contributed by atoms with Crippen LogP contribution in [0.4, 0.5) is 0 Å². The number of hydrogen-bond acceptors (Lipinski definition) is 4. The Morgan fingerprint density at radius 3 is 2.52 bits per heavy atom. The molecule has 25 heavy (non-hydrogen) atoms. The van der Waals surface area contributed by atoms with E-state index in [1.54, 1.807) is 0 Å². The number of hydrogen-bond donors (Lipinski definition) is 1. The molecule has 1 saturated heterocycles. The zero-order valence-corrected chi connectivity index (χ0v) is 14.3. The molecule has 2 aliphatic heterocycles. The maximum atomic E-state index is 12.4. The lowest BCUT2D eigenvalue weighted by Gasteiger charge is -2.36. The van der Waals surface area contributed by atoms with E-state index in [0.29, 0.717) is 25.5 Å². The third kappa shape index (κ3) is 3.43. The second-order valence-electron chi connectivity index (χ2n) is 7.13. The second kappa shape index (κ2) is 6.94. The highest BCUT2D eigenvalue weighted by atomic mass is 16.7. The molecule has 0 atom stereocenters. The van der Waals surface area contributed by atoms with Crippen LogP contribution >= 0.6 is 0 Å². The van der Waals surface area contributed by atoms with Gasteiger partial charge in [-0.15, -0.1) is 0 Å². The third-order valence-corrected chi connectivity index (χ3v) is 5.54. The number of nitrogens with zero attached hydrogens (tertiary/aromatic N) is 1. The van der Waals surface area contributed by atoms with Gasteiger partial charge in [-0.05, 0) is 43.4 Å². The molecule has 0 aromatic heterocycles. The minimum absolute atomic E-state index is 0.000508. The SMILES string of the molecule is O=C(NCc1ccc2c(c1)OCO2)C1CCN(C(=O)C2CCC2)CC1. The molecule has 4 rings (SSSR count). The third-order valence-electron chi connectivity index (χ3n) is 5.54. The van der Waals surface area contributed by atoms with Crippen molar-refractivity contribution in [1.82, 2.24) is 10.2 Å². The predicted molar refractivity (Wildman–Crippen MR) is 91.1 cm³/mol. The summed E-state index contributed by atoms with van der Waals surface area (Å²) in [6.45, 7) is 2.15. The lowest BCUT2D eigenvalue weighted by Crippen LogP contribution is -2.46. The van der Waals surface area contributed by atoms with Gasteiger partial charge in [-0.2, -0.15) is 0 Å². The van der Waals surface area contributed by atoms with Crippen LogP contribution in [0.15, 0.2) is 18.2 Å². The molecule has 0 radical (unpaired) electrons. The highest BCUT2D eigenvalue weighted by molar-refractivity contribution is 5.81. The number of nitrogens with one attached hydrogen (secondary N) is 1. The minimum Gasteiger partial charge on any atom is -0.454 e. The Morgan fingerprint density at radius 2 is 1.80 bits per heavy atom. The van der Waals surface area contributed by atoms with Crippen LogP contribution in [0.25, 0.3) is 0 Å². The summed E-state index contributed by atoms with van der Waals surface area (Å²) >= 11 is 0. The fourth-order valence-corrected chi connectivity index (χ4v) is 3.66. The first-order chi connectivity index (χ1) is 12.2. The fourth-order valence-electron chi connectivity index (χ4n) is 3.66. The first kappa shape index (κ1) is 16.2. The van der Waals surface area contributed by atoms with Crippen LogP contribution in [0.1, 0.15) is 37.7 Å². The molecule has 1 aromatic rings. The molecule has 6 nitrogen and oxygen atoms in total. The average molecular weight is 344 g/mol. The highest BCUT2D eigenvalue weighted by Gasteiger charge is 2.33. The summed E-state index contributed by atoms with van der Waals surface area (Å²) in [6.07, 6.45) is 4.76. The van der Waals surface area contributed by atoms with Gasteiger partial charge in [0.1, 0.15) is 0 Å². The van der Waals surface area contributed by atoms with Crippen LogP contribution in [-0.2, 0) is 16.1 Å². The van der Waals surface area contributed by atoms with Crippen molar-refractivity contribution in [3.8, 4) is 11.5 Å². The van der Waals surface area contributed by atoms with Gasteiger partial charge < -0.3 is 19.7 Å². The highest BCUT2D eigenvalue weighted by Crippen LogP contribution is 2.32. The molecule has 134 valence electrons. The van der Waals surface area contributed by atoms with E-state index in [2.05, 4.69) is 5.32 Å². The van der Waals surface area contributed by atoms with Crippen LogP contribution in [-0.4, -0.2) is 36.6 Å². The summed E-state index contributed by atoms with van der Waals surface area (Å²) < 4.78 is 10.6. The summed E-state index contributed by atoms with van der Waals surface area (Å²) in [5.41, 5.74) is 0.996. The van der Waals surface area contributed by atoms with Gasteiger partial charge in [0, 0.05) is 31.5 Å². The molecule has 2 fully saturated rings. The van der Waals surface area contributed by atoms with Crippen LogP contribution in [0, 0.1) is 11.8 Å². The molecule has 0 bridgehead atoms. The van der Waals surface area contributed by atoms with Crippen molar-refractivity contribution in [2.24, 2.45) is 11.8 Å². The number of benzene rings is 1. The summed E-state index contributed by atoms with van der Waals surface area (Å²) in [6, 6.07) is 5.71. The second-order valence-corrected chi connectivity index (χ2v) is 7.13. The van der Waals surface area contributed by atoms with Gasteiger partial charge in [-0.3, -0.25) is 9.59 Å². The Morgan fingerprint density at radius 1 is 1.04 bits per heavy atom. The molecular weight excluding hydrogens is 320 g/mol. The van der Waals surface area contributed by atoms with E-state index in [-0.39, 0.29) is 24.5 Å². The standard InChI is InChI=1S/C19H24N2O4/c22-18(20-11-13-4-5-16-17(10-13)25-12-24-16)14-6-8-21(9-7-14)19(23)15-2-1-3-15/h4-5,10,14-15H,1-3,6-9,11-12H2,(H,20,22). The molecule has 6 heteroatoms. The van der Waals surface area contributed by atoms with Crippen LogP contribution in [0.5, 0.6) is 11.5 Å². The van der Waals surface area contributed by atoms with Crippen molar-refractivity contribution in [1.29, 1.82) is 0 Å². The Kier molecular flexibility index (Phi) is 4.51. The number of fused-ring (bicyclic) bond motifs is 1. The van der Waals surface area contributed by atoms with Gasteiger partial charge >= 0.3 is 0 Å². The Bertz CT molecular complexity index is 663. The van der Waals surface area contributed by atoms with Crippen molar-refractivity contribution in [2.75, 3.05) is 19.9 Å². The largest absolute Gasteiger partial charge is 0.454 e. The molecule has 1 aliphatic carbocycles. The number of piperidine rings is 1. The fraction of sp³-hybridized carbons (Fsp3) is 0.579. The molecule has 1 saturated carbocycles. The monoisotopic (exact) mass is 344 g/mol. The van der Waals surface area contributed by atoms with E-state index in [0.717, 1.165) is 42.7 Å². The van der Waals surface area contributed by atoms with Crippen molar-refractivity contribution in [3.05, 3.63) is 23.8 Å². The molecule has 2 amide bonds. The normalized spacial score (nSPS) is 20.2. The maximum Gasteiger partial charge on any atom is 0.231 e. The van der Waals surface area contributed by atoms with Crippen LogP contribution in [0.2, 0.25) is 0 Å². The van der Waals surface area contributed by atoms with E-state index in [1.807, 2.05) is 23.1 Å². The summed E-state index contributed by atoms with van der Waals surface area (Å²) in [7, 11) is 0.